The number of hydrogen-bond acceptors (Lipinski definition) is 2. The zero-order chi connectivity index (χ0) is 22.5. The molecule has 0 heterocycles. The van der Waals surface area contributed by atoms with Crippen LogP contribution in [0.3, 0.4) is 0 Å². The molecule has 1 amide bonds. The lowest BCUT2D eigenvalue weighted by atomic mass is 9.96. The lowest BCUT2D eigenvalue weighted by molar-refractivity contribution is -0.112. The first-order valence-corrected chi connectivity index (χ1v) is 10.6. The molecule has 3 aromatic carbocycles. The maximum Gasteiger partial charge on any atom is 0.266 e. The largest absolute Gasteiger partial charge is 0.321 e. The Morgan fingerprint density at radius 1 is 1.00 bits per heavy atom. The van der Waals surface area contributed by atoms with Crippen LogP contribution in [0.15, 0.2) is 60.2 Å². The summed E-state index contributed by atoms with van der Waals surface area (Å²) in [5.74, 6) is -0.500. The van der Waals surface area contributed by atoms with Crippen LogP contribution in [0.25, 0.3) is 6.08 Å². The summed E-state index contributed by atoms with van der Waals surface area (Å²) in [7, 11) is 0. The van der Waals surface area contributed by atoms with Crippen molar-refractivity contribution in [1.82, 2.24) is 0 Å². The zero-order valence-electron chi connectivity index (χ0n) is 17.6. The molecule has 0 fully saturated rings. The van der Waals surface area contributed by atoms with Gasteiger partial charge in [-0.3, -0.25) is 4.79 Å². The number of rotatable bonds is 5. The van der Waals surface area contributed by atoms with Crippen molar-refractivity contribution in [3.8, 4) is 6.07 Å². The number of carbonyl (C=O) groups excluding carboxylic acids is 1. The van der Waals surface area contributed by atoms with E-state index in [2.05, 4.69) is 37.4 Å². The number of halogens is 2. The first kappa shape index (κ1) is 22.6. The molecule has 1 N–H and O–H groups in total. The average Bonchev–Trinajstić information content (AvgIpc) is 2.70. The smallest absolute Gasteiger partial charge is 0.266 e. The van der Waals surface area contributed by atoms with Crippen LogP contribution in [0.4, 0.5) is 5.69 Å². The first-order chi connectivity index (χ1) is 14.7. The van der Waals surface area contributed by atoms with Crippen LogP contribution in [0, 0.1) is 32.1 Å². The topological polar surface area (TPSA) is 52.9 Å². The van der Waals surface area contributed by atoms with Crippen LogP contribution in [0.2, 0.25) is 10.0 Å². The molecule has 0 saturated carbocycles. The van der Waals surface area contributed by atoms with Gasteiger partial charge in [0.2, 0.25) is 0 Å². The van der Waals surface area contributed by atoms with Gasteiger partial charge in [-0.05, 0) is 79.8 Å². The Bertz CT molecular complexity index is 1200. The van der Waals surface area contributed by atoms with E-state index < -0.39 is 5.91 Å². The third-order valence-electron chi connectivity index (χ3n) is 4.88. The second-order valence-electron chi connectivity index (χ2n) is 7.60. The number of carbonyl (C=O) groups is 1. The summed E-state index contributed by atoms with van der Waals surface area (Å²) in [6, 6.07) is 19.1. The molecule has 0 aromatic heterocycles. The van der Waals surface area contributed by atoms with Gasteiger partial charge in [-0.25, -0.2) is 0 Å². The quantitative estimate of drug-likeness (QED) is 0.335. The maximum absolute atomic E-state index is 12.7. The van der Waals surface area contributed by atoms with Crippen molar-refractivity contribution in [3.05, 3.63) is 104 Å². The van der Waals surface area contributed by atoms with E-state index in [0.717, 1.165) is 22.3 Å². The number of nitrogens with zero attached hydrogens (tertiary/aromatic N) is 1. The predicted octanol–water partition coefficient (Wildman–Crippen LogP) is 7.06. The molecular formula is C26H22Cl2N2O. The summed E-state index contributed by atoms with van der Waals surface area (Å²) in [6.45, 7) is 6.01. The minimum absolute atomic E-state index is 0.0133. The summed E-state index contributed by atoms with van der Waals surface area (Å²) >= 11 is 12.3. The molecule has 5 heteroatoms. The molecule has 0 spiro atoms. The maximum atomic E-state index is 12.7. The standard InChI is InChI=1S/C26H22Cl2N2O/c1-16-8-17(2)10-19(9-16)11-20-5-6-23(27)13-21(20)12-22(15-29)26(31)30-24-7-4-18(3)25(28)14-24/h4-10,12-14H,11H2,1-3H3,(H,30,31)/b22-12+. The van der Waals surface area contributed by atoms with Gasteiger partial charge in [-0.2, -0.15) is 5.26 Å². The van der Waals surface area contributed by atoms with E-state index in [-0.39, 0.29) is 5.57 Å². The number of anilines is 1. The fourth-order valence-electron chi connectivity index (χ4n) is 3.43. The summed E-state index contributed by atoms with van der Waals surface area (Å²) in [6.07, 6.45) is 2.24. The molecule has 0 aliphatic carbocycles. The molecule has 0 aliphatic rings. The summed E-state index contributed by atoms with van der Waals surface area (Å²) in [5, 5.41) is 13.4. The Balaban J connectivity index is 1.92. The molecule has 3 nitrogen and oxygen atoms in total. The summed E-state index contributed by atoms with van der Waals surface area (Å²) in [4.78, 5) is 12.7. The lowest BCUT2D eigenvalue weighted by Crippen LogP contribution is -2.13. The number of hydrogen-bond donors (Lipinski definition) is 1. The summed E-state index contributed by atoms with van der Waals surface area (Å²) < 4.78 is 0. The van der Waals surface area contributed by atoms with E-state index in [1.54, 1.807) is 24.3 Å². The average molecular weight is 449 g/mol. The van der Waals surface area contributed by atoms with Crippen molar-refractivity contribution >= 4 is 40.9 Å². The van der Waals surface area contributed by atoms with Gasteiger partial charge in [0.1, 0.15) is 11.6 Å². The Morgan fingerprint density at radius 3 is 2.35 bits per heavy atom. The SMILES string of the molecule is Cc1cc(C)cc(Cc2ccc(Cl)cc2/C=C(\C#N)C(=O)Nc2ccc(C)c(Cl)c2)c1. The van der Waals surface area contributed by atoms with E-state index in [4.69, 9.17) is 23.2 Å². The summed E-state index contributed by atoms with van der Waals surface area (Å²) in [5.41, 5.74) is 6.68. The highest BCUT2D eigenvalue weighted by Crippen LogP contribution is 2.24. The molecule has 0 atom stereocenters. The van der Waals surface area contributed by atoms with Crippen molar-refractivity contribution < 1.29 is 4.79 Å². The second-order valence-corrected chi connectivity index (χ2v) is 8.45. The monoisotopic (exact) mass is 448 g/mol. The normalized spacial score (nSPS) is 11.2. The van der Waals surface area contributed by atoms with Gasteiger partial charge in [-0.1, -0.05) is 64.7 Å². The lowest BCUT2D eigenvalue weighted by Gasteiger charge is -2.10. The van der Waals surface area contributed by atoms with Crippen LogP contribution in [0.1, 0.15) is 33.4 Å². The van der Waals surface area contributed by atoms with Crippen LogP contribution in [-0.4, -0.2) is 5.91 Å². The predicted molar refractivity (Wildman–Crippen MR) is 129 cm³/mol. The third kappa shape index (κ3) is 5.98. The minimum Gasteiger partial charge on any atom is -0.321 e. The van der Waals surface area contributed by atoms with E-state index in [0.29, 0.717) is 22.2 Å². The van der Waals surface area contributed by atoms with Crippen molar-refractivity contribution in [1.29, 1.82) is 5.26 Å². The number of aryl methyl sites for hydroxylation is 3. The first-order valence-electron chi connectivity index (χ1n) is 9.80. The Morgan fingerprint density at radius 2 is 1.71 bits per heavy atom. The highest BCUT2D eigenvalue weighted by atomic mass is 35.5. The molecule has 3 aromatic rings. The van der Waals surface area contributed by atoms with Crippen molar-refractivity contribution in [3.63, 3.8) is 0 Å². The van der Waals surface area contributed by atoms with E-state index in [1.165, 1.54) is 11.1 Å². The number of nitrogens with one attached hydrogen (secondary N) is 1. The highest BCUT2D eigenvalue weighted by Gasteiger charge is 2.12. The van der Waals surface area contributed by atoms with Crippen LogP contribution >= 0.6 is 23.2 Å². The van der Waals surface area contributed by atoms with Gasteiger partial charge in [-0.15, -0.1) is 0 Å². The Labute approximate surface area is 192 Å². The van der Waals surface area contributed by atoms with Gasteiger partial charge in [0.15, 0.2) is 0 Å². The number of amides is 1. The molecule has 0 bridgehead atoms. The number of benzene rings is 3. The third-order valence-corrected chi connectivity index (χ3v) is 5.52. The van der Waals surface area contributed by atoms with E-state index in [9.17, 15) is 10.1 Å². The van der Waals surface area contributed by atoms with Gasteiger partial charge in [0, 0.05) is 15.7 Å². The van der Waals surface area contributed by atoms with Gasteiger partial charge in [0.05, 0.1) is 0 Å². The molecule has 0 unspecified atom stereocenters. The highest BCUT2D eigenvalue weighted by molar-refractivity contribution is 6.31. The molecule has 0 aliphatic heterocycles. The van der Waals surface area contributed by atoms with Crippen molar-refractivity contribution in [2.45, 2.75) is 27.2 Å². The van der Waals surface area contributed by atoms with E-state index in [1.807, 2.05) is 31.2 Å². The van der Waals surface area contributed by atoms with Gasteiger partial charge in [0.25, 0.3) is 5.91 Å². The Kier molecular flexibility index (Phi) is 7.17. The molecular weight excluding hydrogens is 427 g/mol. The zero-order valence-corrected chi connectivity index (χ0v) is 19.1. The fourth-order valence-corrected chi connectivity index (χ4v) is 3.79. The second kappa shape index (κ2) is 9.83. The molecule has 156 valence electrons. The fraction of sp³-hybridized carbons (Fsp3) is 0.154. The molecule has 0 radical (unpaired) electrons. The Hall–Kier alpha value is -3.06. The van der Waals surface area contributed by atoms with E-state index >= 15 is 0 Å². The van der Waals surface area contributed by atoms with Crippen LogP contribution in [0.5, 0.6) is 0 Å². The number of nitriles is 1. The van der Waals surface area contributed by atoms with Crippen molar-refractivity contribution in [2.24, 2.45) is 0 Å². The van der Waals surface area contributed by atoms with Crippen LogP contribution < -0.4 is 5.32 Å². The molecule has 3 rings (SSSR count). The van der Waals surface area contributed by atoms with Gasteiger partial charge < -0.3 is 5.32 Å². The van der Waals surface area contributed by atoms with Gasteiger partial charge >= 0.3 is 0 Å². The minimum atomic E-state index is -0.500. The van der Waals surface area contributed by atoms with Crippen LogP contribution in [-0.2, 0) is 11.2 Å². The molecule has 31 heavy (non-hydrogen) atoms. The van der Waals surface area contributed by atoms with Crippen molar-refractivity contribution in [2.75, 3.05) is 5.32 Å². The molecule has 0 saturated heterocycles.